The van der Waals surface area contributed by atoms with E-state index in [4.69, 9.17) is 4.98 Å². The molecule has 0 aliphatic heterocycles. The van der Waals surface area contributed by atoms with Crippen LogP contribution in [0.2, 0.25) is 0 Å². The summed E-state index contributed by atoms with van der Waals surface area (Å²) < 4.78 is 48.7. The van der Waals surface area contributed by atoms with Gasteiger partial charge >= 0.3 is 0 Å². The first kappa shape index (κ1) is 28.3. The normalized spacial score (nSPS) is 16.5. The van der Waals surface area contributed by atoms with E-state index in [2.05, 4.69) is 56.3 Å². The molecular weight excluding hydrogens is 563 g/mol. The third kappa shape index (κ3) is 5.05. The van der Waals surface area contributed by atoms with Crippen LogP contribution < -0.4 is 0 Å². The topological polar surface area (TPSA) is 81.2 Å². The molecule has 4 aromatic carbocycles. The Hall–Kier alpha value is -3.81. The van der Waals surface area contributed by atoms with Crippen molar-refractivity contribution in [3.05, 3.63) is 126 Å². The van der Waals surface area contributed by atoms with Crippen molar-refractivity contribution in [1.29, 1.82) is 0 Å². The molecule has 0 bridgehead atoms. The van der Waals surface area contributed by atoms with E-state index in [0.717, 1.165) is 39.6 Å². The first-order valence-corrected chi connectivity index (χ1v) is 17.8. The van der Waals surface area contributed by atoms with E-state index < -0.39 is 25.1 Å². The summed E-state index contributed by atoms with van der Waals surface area (Å²) in [7, 11) is -6.67. The molecule has 1 aliphatic carbocycles. The smallest absolute Gasteiger partial charge is 0.175 e. The number of fused-ring (bicyclic) bond motifs is 1. The van der Waals surface area contributed by atoms with Crippen LogP contribution in [0.15, 0.2) is 113 Å². The predicted molar refractivity (Wildman–Crippen MR) is 169 cm³/mol. The van der Waals surface area contributed by atoms with Crippen molar-refractivity contribution in [3.63, 3.8) is 0 Å². The van der Waals surface area contributed by atoms with Crippen molar-refractivity contribution in [2.75, 3.05) is 12.5 Å². The van der Waals surface area contributed by atoms with Crippen LogP contribution in [0, 0.1) is 0 Å². The number of rotatable bonds is 7. The second-order valence-electron chi connectivity index (χ2n) is 11.7. The van der Waals surface area contributed by atoms with Gasteiger partial charge in [-0.1, -0.05) is 68.4 Å². The highest BCUT2D eigenvalue weighted by Gasteiger charge is 2.57. The third-order valence-electron chi connectivity index (χ3n) is 8.55. The van der Waals surface area contributed by atoms with Gasteiger partial charge in [0.15, 0.2) is 19.7 Å². The number of aromatic nitrogens is 1. The molecule has 1 heterocycles. The monoisotopic (exact) mass is 595 g/mol. The molecule has 1 saturated carbocycles. The molecule has 5 nitrogen and oxygen atoms in total. The summed E-state index contributed by atoms with van der Waals surface area (Å²) in [6.07, 6.45) is 5.06. The van der Waals surface area contributed by atoms with Gasteiger partial charge in [0.05, 0.1) is 15.3 Å². The highest BCUT2D eigenvalue weighted by Crippen LogP contribution is 2.64. The molecule has 1 unspecified atom stereocenters. The van der Waals surface area contributed by atoms with Gasteiger partial charge in [0, 0.05) is 35.1 Å². The molecule has 214 valence electrons. The maximum atomic E-state index is 12.2. The largest absolute Gasteiger partial charge is 0.256 e. The summed E-state index contributed by atoms with van der Waals surface area (Å²) in [4.78, 5) is 5.28. The van der Waals surface area contributed by atoms with Crippen LogP contribution in [0.3, 0.4) is 0 Å². The van der Waals surface area contributed by atoms with Crippen molar-refractivity contribution >= 4 is 30.6 Å². The zero-order valence-corrected chi connectivity index (χ0v) is 25.7. The van der Waals surface area contributed by atoms with Crippen LogP contribution in [0.4, 0.5) is 0 Å². The molecule has 6 rings (SSSR count). The zero-order chi connectivity index (χ0) is 29.9. The number of sulfone groups is 2. The van der Waals surface area contributed by atoms with Gasteiger partial charge in [-0.15, -0.1) is 0 Å². The maximum Gasteiger partial charge on any atom is 0.175 e. The number of nitrogens with zero attached hydrogens (tertiary/aromatic N) is 1. The molecule has 0 spiro atoms. The Morgan fingerprint density at radius 1 is 0.738 bits per heavy atom. The van der Waals surface area contributed by atoms with Crippen LogP contribution >= 0.6 is 0 Å². The number of pyridine rings is 1. The van der Waals surface area contributed by atoms with Crippen LogP contribution in [0.25, 0.3) is 22.0 Å². The van der Waals surface area contributed by atoms with E-state index in [1.807, 2.05) is 36.5 Å². The molecule has 7 heteroatoms. The molecule has 1 fully saturated rings. The minimum absolute atomic E-state index is 0.123. The van der Waals surface area contributed by atoms with E-state index in [-0.39, 0.29) is 15.7 Å². The van der Waals surface area contributed by atoms with Gasteiger partial charge in [-0.25, -0.2) is 16.8 Å². The molecule has 42 heavy (non-hydrogen) atoms. The SMILES string of the molecule is CC(C)c1cc(-c2cccc(C3CC3(c3ccc(S(C)(=O)=O)cc3)c3ccc(S(C)(=O)=O)cc3)c2)c2ncccc2c1. The standard InChI is InChI=1S/C35H33NO4S2/c1-23(2)27-20-26-9-6-18-36-34(26)32(21-27)24-7-5-8-25(19-24)33-22-35(33,28-10-14-30(15-11-28)41(3,37)38)29-12-16-31(17-13-29)42(4,39)40/h5-21,23,33H,22H2,1-4H3. The van der Waals surface area contributed by atoms with E-state index in [1.54, 1.807) is 24.3 Å². The average molecular weight is 596 g/mol. The number of hydrogen-bond acceptors (Lipinski definition) is 5. The summed E-state index contributed by atoms with van der Waals surface area (Å²) in [5.41, 5.74) is 7.19. The summed E-state index contributed by atoms with van der Waals surface area (Å²) in [5, 5.41) is 1.11. The summed E-state index contributed by atoms with van der Waals surface area (Å²) in [6.45, 7) is 4.39. The van der Waals surface area contributed by atoms with Gasteiger partial charge in [0.2, 0.25) is 0 Å². The maximum absolute atomic E-state index is 12.2. The highest BCUT2D eigenvalue weighted by atomic mass is 32.2. The fourth-order valence-corrected chi connectivity index (χ4v) is 7.42. The van der Waals surface area contributed by atoms with Gasteiger partial charge in [-0.2, -0.15) is 0 Å². The second-order valence-corrected chi connectivity index (χ2v) is 15.8. The Labute approximate surface area is 248 Å². The predicted octanol–water partition coefficient (Wildman–Crippen LogP) is 7.31. The zero-order valence-electron chi connectivity index (χ0n) is 24.1. The fraction of sp³-hybridized carbons (Fsp3) is 0.229. The van der Waals surface area contributed by atoms with Crippen LogP contribution in [0.5, 0.6) is 0 Å². The van der Waals surface area contributed by atoms with E-state index >= 15 is 0 Å². The van der Waals surface area contributed by atoms with E-state index in [0.29, 0.717) is 5.92 Å². The summed E-state index contributed by atoms with van der Waals surface area (Å²) in [6, 6.07) is 31.4. The Kier molecular flexibility index (Phi) is 6.86. The highest BCUT2D eigenvalue weighted by molar-refractivity contribution is 7.91. The molecule has 1 aliphatic rings. The van der Waals surface area contributed by atoms with Crippen LogP contribution in [0.1, 0.15) is 54.4 Å². The van der Waals surface area contributed by atoms with Gasteiger partial charge < -0.3 is 0 Å². The van der Waals surface area contributed by atoms with Crippen molar-refractivity contribution in [2.45, 2.75) is 47.3 Å². The molecule has 0 amide bonds. The van der Waals surface area contributed by atoms with E-state index in [1.165, 1.54) is 23.6 Å². The molecule has 0 saturated heterocycles. The Morgan fingerprint density at radius 3 is 1.88 bits per heavy atom. The second kappa shape index (κ2) is 10.2. The molecule has 5 aromatic rings. The Morgan fingerprint density at radius 2 is 1.33 bits per heavy atom. The van der Waals surface area contributed by atoms with Crippen LogP contribution in [-0.2, 0) is 25.1 Å². The molecule has 1 atom stereocenters. The van der Waals surface area contributed by atoms with Crippen molar-refractivity contribution in [2.24, 2.45) is 0 Å². The molecule has 0 N–H and O–H groups in total. The number of hydrogen-bond donors (Lipinski definition) is 0. The van der Waals surface area contributed by atoms with E-state index in [9.17, 15) is 16.8 Å². The Bertz CT molecular complexity index is 1950. The lowest BCUT2D eigenvalue weighted by Crippen LogP contribution is -2.13. The Balaban J connectivity index is 1.47. The van der Waals surface area contributed by atoms with Gasteiger partial charge in [0.25, 0.3) is 0 Å². The number of benzene rings is 4. The average Bonchev–Trinajstić information content (AvgIpc) is 3.73. The van der Waals surface area contributed by atoms with Gasteiger partial charge in [-0.05, 0) is 88.5 Å². The lowest BCUT2D eigenvalue weighted by molar-refractivity contribution is 0.600. The fourth-order valence-electron chi connectivity index (χ4n) is 6.16. The van der Waals surface area contributed by atoms with Crippen molar-refractivity contribution in [3.8, 4) is 11.1 Å². The molecular formula is C35H33NO4S2. The summed E-state index contributed by atoms with van der Waals surface area (Å²) >= 11 is 0. The minimum atomic E-state index is -3.33. The lowest BCUT2D eigenvalue weighted by Gasteiger charge is -2.21. The third-order valence-corrected chi connectivity index (χ3v) is 10.8. The first-order valence-electron chi connectivity index (χ1n) is 14.0. The van der Waals surface area contributed by atoms with Gasteiger partial charge in [-0.3, -0.25) is 4.98 Å². The van der Waals surface area contributed by atoms with Crippen LogP contribution in [-0.4, -0.2) is 34.3 Å². The molecule has 1 aromatic heterocycles. The molecule has 0 radical (unpaired) electrons. The van der Waals surface area contributed by atoms with Crippen molar-refractivity contribution < 1.29 is 16.8 Å². The van der Waals surface area contributed by atoms with Crippen molar-refractivity contribution in [1.82, 2.24) is 4.98 Å². The summed E-state index contributed by atoms with van der Waals surface area (Å²) in [5.74, 6) is 0.496. The van der Waals surface area contributed by atoms with Gasteiger partial charge in [0.1, 0.15) is 0 Å². The first-order chi connectivity index (χ1) is 19.9. The quantitative estimate of drug-likeness (QED) is 0.197. The minimum Gasteiger partial charge on any atom is -0.256 e. The lowest BCUT2D eigenvalue weighted by atomic mass is 9.83.